The first-order valence-electron chi connectivity index (χ1n) is 8.47. The van der Waals surface area contributed by atoms with Crippen LogP contribution in [0.3, 0.4) is 0 Å². The van der Waals surface area contributed by atoms with Crippen molar-refractivity contribution in [1.82, 2.24) is 5.06 Å². The van der Waals surface area contributed by atoms with Gasteiger partial charge >= 0.3 is 134 Å². The SMILES string of the molecule is CCC([Se]c1ccccc1)[C@@H]1CC[C@@]23CCC[C@@H]2CON13. The van der Waals surface area contributed by atoms with E-state index in [2.05, 4.69) is 42.3 Å². The van der Waals surface area contributed by atoms with Crippen molar-refractivity contribution in [1.29, 1.82) is 0 Å². The number of nitrogens with zero attached hydrogens (tertiary/aromatic N) is 1. The molecule has 0 aromatic heterocycles. The molecule has 3 heteroatoms. The van der Waals surface area contributed by atoms with Crippen LogP contribution in [-0.2, 0) is 4.84 Å². The van der Waals surface area contributed by atoms with Crippen LogP contribution in [0, 0.1) is 5.92 Å². The summed E-state index contributed by atoms with van der Waals surface area (Å²) in [5.74, 6) is 0.823. The molecule has 1 aromatic rings. The van der Waals surface area contributed by atoms with Gasteiger partial charge in [-0.05, 0) is 0 Å². The second-order valence-electron chi connectivity index (χ2n) is 6.80. The Labute approximate surface area is 134 Å². The fourth-order valence-electron chi connectivity index (χ4n) is 4.78. The molecule has 1 saturated carbocycles. The van der Waals surface area contributed by atoms with Gasteiger partial charge in [0.05, 0.1) is 0 Å². The van der Waals surface area contributed by atoms with Crippen molar-refractivity contribution < 1.29 is 4.84 Å². The van der Waals surface area contributed by atoms with Crippen LogP contribution in [0.4, 0.5) is 0 Å². The average molecular weight is 350 g/mol. The van der Waals surface area contributed by atoms with Crippen LogP contribution in [0.5, 0.6) is 0 Å². The first-order chi connectivity index (χ1) is 10.3. The van der Waals surface area contributed by atoms with E-state index in [0.29, 0.717) is 26.5 Å². The van der Waals surface area contributed by atoms with E-state index in [-0.39, 0.29) is 0 Å². The van der Waals surface area contributed by atoms with Crippen molar-refractivity contribution in [2.24, 2.45) is 5.92 Å². The minimum atomic E-state index is 0.435. The van der Waals surface area contributed by atoms with Crippen molar-refractivity contribution in [3.8, 4) is 0 Å². The fraction of sp³-hybridized carbons (Fsp3) is 0.667. The quantitative estimate of drug-likeness (QED) is 0.774. The first kappa shape index (κ1) is 14.3. The molecule has 114 valence electrons. The summed E-state index contributed by atoms with van der Waals surface area (Å²) in [6.07, 6.45) is 8.19. The molecule has 1 unspecified atom stereocenters. The molecule has 1 aromatic carbocycles. The van der Waals surface area contributed by atoms with E-state index in [1.807, 2.05) is 0 Å². The van der Waals surface area contributed by atoms with Crippen LogP contribution in [0.15, 0.2) is 30.3 Å². The van der Waals surface area contributed by atoms with E-state index in [1.54, 1.807) is 4.46 Å². The maximum absolute atomic E-state index is 6.21. The summed E-state index contributed by atoms with van der Waals surface area (Å²) in [5, 5.41) is 2.50. The zero-order valence-corrected chi connectivity index (χ0v) is 14.5. The summed E-state index contributed by atoms with van der Waals surface area (Å²) in [7, 11) is 0. The topological polar surface area (TPSA) is 12.5 Å². The van der Waals surface area contributed by atoms with Crippen molar-refractivity contribution in [3.63, 3.8) is 0 Å². The van der Waals surface area contributed by atoms with Gasteiger partial charge in [-0.25, -0.2) is 0 Å². The van der Waals surface area contributed by atoms with E-state index < -0.39 is 0 Å². The van der Waals surface area contributed by atoms with Crippen LogP contribution in [0.25, 0.3) is 0 Å². The predicted octanol–water partition coefficient (Wildman–Crippen LogP) is 3.16. The molecule has 0 radical (unpaired) electrons. The molecule has 2 saturated heterocycles. The summed E-state index contributed by atoms with van der Waals surface area (Å²) < 4.78 is 1.54. The van der Waals surface area contributed by atoms with E-state index in [1.165, 1.54) is 38.5 Å². The molecule has 0 amide bonds. The zero-order valence-electron chi connectivity index (χ0n) is 12.8. The Morgan fingerprint density at radius 2 is 2.14 bits per heavy atom. The predicted molar refractivity (Wildman–Crippen MR) is 86.8 cm³/mol. The van der Waals surface area contributed by atoms with Crippen molar-refractivity contribution in [3.05, 3.63) is 30.3 Å². The minimum absolute atomic E-state index is 0.435. The molecule has 4 rings (SSSR count). The molecule has 0 bridgehead atoms. The van der Waals surface area contributed by atoms with Gasteiger partial charge < -0.3 is 0 Å². The second kappa shape index (κ2) is 5.70. The van der Waals surface area contributed by atoms with Crippen molar-refractivity contribution >= 4 is 19.4 Å². The molecule has 2 heterocycles. The normalized spacial score (nSPS) is 36.6. The Morgan fingerprint density at radius 3 is 2.95 bits per heavy atom. The molecule has 2 nitrogen and oxygen atoms in total. The van der Waals surface area contributed by atoms with Crippen LogP contribution in [0.2, 0.25) is 4.82 Å². The first-order valence-corrected chi connectivity index (χ1v) is 10.3. The van der Waals surface area contributed by atoms with Crippen molar-refractivity contribution in [2.45, 2.75) is 61.8 Å². The van der Waals surface area contributed by atoms with Crippen LogP contribution >= 0.6 is 0 Å². The van der Waals surface area contributed by atoms with Gasteiger partial charge in [0.25, 0.3) is 0 Å². The number of hydrogen-bond acceptors (Lipinski definition) is 2. The Bertz CT molecular complexity index is 493. The number of hydrogen-bond donors (Lipinski definition) is 0. The van der Waals surface area contributed by atoms with E-state index in [9.17, 15) is 0 Å². The molecular formula is C18H25NOSe. The van der Waals surface area contributed by atoms with Crippen LogP contribution in [-0.4, -0.2) is 38.2 Å². The molecule has 3 fully saturated rings. The zero-order chi connectivity index (χ0) is 14.3. The summed E-state index contributed by atoms with van der Waals surface area (Å²) in [5.41, 5.74) is 0.435. The Kier molecular flexibility index (Phi) is 3.87. The third-order valence-electron chi connectivity index (χ3n) is 5.81. The van der Waals surface area contributed by atoms with E-state index in [4.69, 9.17) is 4.84 Å². The van der Waals surface area contributed by atoms with Gasteiger partial charge in [0.2, 0.25) is 0 Å². The monoisotopic (exact) mass is 351 g/mol. The van der Waals surface area contributed by atoms with Gasteiger partial charge in [-0.15, -0.1) is 0 Å². The summed E-state index contributed by atoms with van der Waals surface area (Å²) in [4.78, 5) is 7.00. The average Bonchev–Trinajstić information content (AvgIpc) is 3.16. The fourth-order valence-corrected chi connectivity index (χ4v) is 7.37. The van der Waals surface area contributed by atoms with Gasteiger partial charge in [0.1, 0.15) is 0 Å². The van der Waals surface area contributed by atoms with Gasteiger partial charge in [-0.2, -0.15) is 0 Å². The summed E-state index contributed by atoms with van der Waals surface area (Å²) in [6.45, 7) is 3.35. The summed E-state index contributed by atoms with van der Waals surface area (Å²) in [6, 6.07) is 11.8. The maximum atomic E-state index is 6.21. The van der Waals surface area contributed by atoms with E-state index >= 15 is 0 Å². The third-order valence-corrected chi connectivity index (χ3v) is 8.95. The number of rotatable bonds is 4. The molecule has 3 aliphatic rings. The molecule has 2 aliphatic heterocycles. The third kappa shape index (κ3) is 2.30. The van der Waals surface area contributed by atoms with Gasteiger partial charge in [0, 0.05) is 0 Å². The molecular weight excluding hydrogens is 325 g/mol. The summed E-state index contributed by atoms with van der Waals surface area (Å²) >= 11 is 0.562. The molecule has 0 N–H and O–H groups in total. The molecule has 1 aliphatic carbocycles. The van der Waals surface area contributed by atoms with Gasteiger partial charge in [-0.1, -0.05) is 0 Å². The molecule has 21 heavy (non-hydrogen) atoms. The Balaban J connectivity index is 1.53. The number of benzene rings is 1. The standard InChI is InChI=1S/C18H25NOSe/c1-2-17(21-15-8-4-3-5-9-15)16-10-12-18-11-6-7-14(18)13-20-19(16)18/h3-5,8-9,14,16-17H,2,6-7,10-13H2,1H3/t14-,16+,17?,18+/m1/s1. The second-order valence-corrected chi connectivity index (χ2v) is 9.55. The van der Waals surface area contributed by atoms with Crippen LogP contribution < -0.4 is 4.46 Å². The molecule has 1 spiro atoms. The Morgan fingerprint density at radius 1 is 1.29 bits per heavy atom. The Hall–Kier alpha value is -0.341. The van der Waals surface area contributed by atoms with Gasteiger partial charge in [0.15, 0.2) is 0 Å². The van der Waals surface area contributed by atoms with Crippen LogP contribution in [0.1, 0.15) is 45.4 Å². The number of hydroxylamine groups is 2. The molecule has 4 atom stereocenters. The van der Waals surface area contributed by atoms with Crippen molar-refractivity contribution in [2.75, 3.05) is 6.61 Å². The van der Waals surface area contributed by atoms with Gasteiger partial charge in [-0.3, -0.25) is 0 Å². The van der Waals surface area contributed by atoms with E-state index in [0.717, 1.165) is 17.3 Å².